The van der Waals surface area contributed by atoms with Crippen LogP contribution >= 0.6 is 31.9 Å². The zero-order chi connectivity index (χ0) is 15.3. The van der Waals surface area contributed by atoms with Gasteiger partial charge >= 0.3 is 18.0 Å². The number of amides is 2. The number of halogens is 2. The first-order valence-electron chi connectivity index (χ1n) is 5.24. The monoisotopic (exact) mass is 408 g/mol. The van der Waals surface area contributed by atoms with E-state index in [4.69, 9.17) is 10.2 Å². The number of rotatable bonds is 5. The second-order valence-corrected chi connectivity index (χ2v) is 5.38. The van der Waals surface area contributed by atoms with E-state index in [-0.39, 0.29) is 0 Å². The number of hydrogen-bond acceptors (Lipinski definition) is 3. The first-order chi connectivity index (χ1) is 9.31. The van der Waals surface area contributed by atoms with Crippen LogP contribution < -0.4 is 5.32 Å². The van der Waals surface area contributed by atoms with E-state index in [1.54, 1.807) is 18.2 Å². The van der Waals surface area contributed by atoms with Gasteiger partial charge in [-0.25, -0.2) is 4.79 Å². The molecule has 1 rings (SSSR count). The Labute approximate surface area is 130 Å². The Morgan fingerprint density at radius 2 is 1.50 bits per heavy atom. The average Bonchev–Trinajstić information content (AvgIpc) is 2.31. The number of aliphatic carboxylic acids is 2. The van der Waals surface area contributed by atoms with Crippen LogP contribution in [0.15, 0.2) is 27.1 Å². The number of nitrogens with zero attached hydrogens (tertiary/aromatic N) is 1. The van der Waals surface area contributed by atoms with Gasteiger partial charge in [0.15, 0.2) is 0 Å². The minimum Gasteiger partial charge on any atom is -0.480 e. The lowest BCUT2D eigenvalue weighted by molar-refractivity contribution is -0.140. The van der Waals surface area contributed by atoms with Crippen molar-refractivity contribution in [2.75, 3.05) is 18.4 Å². The van der Waals surface area contributed by atoms with Gasteiger partial charge in [0, 0.05) is 8.95 Å². The summed E-state index contributed by atoms with van der Waals surface area (Å²) in [7, 11) is 0. The highest BCUT2D eigenvalue weighted by molar-refractivity contribution is 9.11. The number of anilines is 1. The highest BCUT2D eigenvalue weighted by Gasteiger charge is 2.21. The fourth-order valence-electron chi connectivity index (χ4n) is 1.33. The van der Waals surface area contributed by atoms with Gasteiger partial charge < -0.3 is 20.4 Å². The molecule has 20 heavy (non-hydrogen) atoms. The van der Waals surface area contributed by atoms with Crippen LogP contribution in [-0.2, 0) is 9.59 Å². The lowest BCUT2D eigenvalue weighted by Crippen LogP contribution is -2.42. The van der Waals surface area contributed by atoms with Crippen LogP contribution in [0.25, 0.3) is 0 Å². The zero-order valence-electron chi connectivity index (χ0n) is 9.97. The molecule has 0 spiro atoms. The Bertz CT molecular complexity index is 513. The molecule has 0 saturated carbocycles. The summed E-state index contributed by atoms with van der Waals surface area (Å²) in [6, 6.07) is 4.27. The van der Waals surface area contributed by atoms with Gasteiger partial charge in [0.05, 0.1) is 5.69 Å². The molecular formula is C11H10Br2N2O5. The second-order valence-electron chi connectivity index (χ2n) is 3.67. The number of para-hydroxylation sites is 1. The van der Waals surface area contributed by atoms with E-state index in [0.29, 0.717) is 19.5 Å². The Kier molecular flexibility index (Phi) is 5.96. The van der Waals surface area contributed by atoms with Gasteiger partial charge in [-0.05, 0) is 44.0 Å². The number of urea groups is 1. The smallest absolute Gasteiger partial charge is 0.323 e. The number of benzene rings is 1. The normalized spacial score (nSPS) is 9.90. The lowest BCUT2D eigenvalue weighted by Gasteiger charge is -2.20. The van der Waals surface area contributed by atoms with E-state index in [1.807, 2.05) is 0 Å². The largest absolute Gasteiger partial charge is 0.480 e. The maximum Gasteiger partial charge on any atom is 0.323 e. The summed E-state index contributed by atoms with van der Waals surface area (Å²) in [6.07, 6.45) is 0. The van der Waals surface area contributed by atoms with E-state index >= 15 is 0 Å². The van der Waals surface area contributed by atoms with Gasteiger partial charge in [0.25, 0.3) is 0 Å². The minimum absolute atomic E-state index is 0.387. The Morgan fingerprint density at radius 3 is 1.90 bits per heavy atom. The molecule has 2 amide bonds. The molecule has 1 aromatic rings. The molecule has 0 aromatic heterocycles. The molecule has 0 aliphatic carbocycles. The fraction of sp³-hybridized carbons (Fsp3) is 0.182. The molecule has 1 aromatic carbocycles. The number of carboxylic acid groups (broad SMARTS) is 2. The van der Waals surface area contributed by atoms with Crippen molar-refractivity contribution in [3.05, 3.63) is 27.1 Å². The first-order valence-corrected chi connectivity index (χ1v) is 6.83. The van der Waals surface area contributed by atoms with Crippen molar-refractivity contribution in [1.29, 1.82) is 0 Å². The summed E-state index contributed by atoms with van der Waals surface area (Å²) in [5.41, 5.74) is 0.387. The van der Waals surface area contributed by atoms with Crippen molar-refractivity contribution >= 4 is 55.5 Å². The fourth-order valence-corrected chi connectivity index (χ4v) is 2.53. The van der Waals surface area contributed by atoms with Crippen molar-refractivity contribution in [2.45, 2.75) is 0 Å². The maximum absolute atomic E-state index is 11.9. The molecule has 0 aliphatic heterocycles. The molecular weight excluding hydrogens is 400 g/mol. The molecule has 3 N–H and O–H groups in total. The van der Waals surface area contributed by atoms with E-state index in [9.17, 15) is 14.4 Å². The number of carbonyl (C=O) groups excluding carboxylic acids is 1. The van der Waals surface area contributed by atoms with Crippen molar-refractivity contribution in [3.8, 4) is 0 Å². The number of hydrogen-bond donors (Lipinski definition) is 3. The molecule has 0 unspecified atom stereocenters. The van der Waals surface area contributed by atoms with E-state index in [2.05, 4.69) is 37.2 Å². The lowest BCUT2D eigenvalue weighted by atomic mass is 10.3. The predicted octanol–water partition coefficient (Wildman–Crippen LogP) is 2.21. The van der Waals surface area contributed by atoms with Gasteiger partial charge in [0.2, 0.25) is 0 Å². The van der Waals surface area contributed by atoms with E-state index < -0.39 is 31.1 Å². The number of carbonyl (C=O) groups is 3. The summed E-state index contributed by atoms with van der Waals surface area (Å²) in [4.78, 5) is 33.9. The molecule has 0 atom stereocenters. The van der Waals surface area contributed by atoms with Crippen LogP contribution in [0.4, 0.5) is 10.5 Å². The third-order valence-corrected chi connectivity index (χ3v) is 3.46. The van der Waals surface area contributed by atoms with E-state index in [0.717, 1.165) is 0 Å². The summed E-state index contributed by atoms with van der Waals surface area (Å²) in [5, 5.41) is 19.8. The van der Waals surface area contributed by atoms with Crippen molar-refractivity contribution in [2.24, 2.45) is 0 Å². The molecule has 7 nitrogen and oxygen atoms in total. The maximum atomic E-state index is 11.9. The third-order valence-electron chi connectivity index (χ3n) is 2.13. The van der Waals surface area contributed by atoms with Crippen LogP contribution in [0.3, 0.4) is 0 Å². The molecule has 0 aliphatic rings. The standard InChI is InChI=1S/C11H10Br2N2O5/c12-6-2-1-3-7(13)10(6)14-11(20)15(4-8(16)17)5-9(18)19/h1-3H,4-5H2,(H,14,20)(H,16,17)(H,18,19). The Morgan fingerprint density at radius 1 is 1.05 bits per heavy atom. The molecule has 9 heteroatoms. The summed E-state index contributed by atoms with van der Waals surface area (Å²) in [6.45, 7) is -1.42. The van der Waals surface area contributed by atoms with Crippen LogP contribution in [0, 0.1) is 0 Å². The van der Waals surface area contributed by atoms with Gasteiger partial charge in [-0.2, -0.15) is 0 Å². The van der Waals surface area contributed by atoms with Gasteiger partial charge in [0.1, 0.15) is 13.1 Å². The minimum atomic E-state index is -1.30. The predicted molar refractivity (Wildman–Crippen MR) is 77.7 cm³/mol. The van der Waals surface area contributed by atoms with E-state index in [1.165, 1.54) is 0 Å². The SMILES string of the molecule is O=C(O)CN(CC(=O)O)C(=O)Nc1c(Br)cccc1Br. The van der Waals surface area contributed by atoms with Crippen LogP contribution in [-0.4, -0.2) is 46.2 Å². The highest BCUT2D eigenvalue weighted by atomic mass is 79.9. The van der Waals surface area contributed by atoms with Gasteiger partial charge in [-0.3, -0.25) is 9.59 Å². The van der Waals surface area contributed by atoms with Crippen molar-refractivity contribution in [1.82, 2.24) is 4.90 Å². The topological polar surface area (TPSA) is 107 Å². The summed E-state index contributed by atoms with van der Waals surface area (Å²) >= 11 is 6.46. The van der Waals surface area contributed by atoms with Crippen LogP contribution in [0.2, 0.25) is 0 Å². The molecule has 0 bridgehead atoms. The van der Waals surface area contributed by atoms with Gasteiger partial charge in [-0.15, -0.1) is 0 Å². The van der Waals surface area contributed by atoms with Crippen molar-refractivity contribution in [3.63, 3.8) is 0 Å². The Hall–Kier alpha value is -1.61. The molecule has 0 heterocycles. The highest BCUT2D eigenvalue weighted by Crippen LogP contribution is 2.30. The average molecular weight is 410 g/mol. The van der Waals surface area contributed by atoms with Gasteiger partial charge in [-0.1, -0.05) is 6.07 Å². The number of carboxylic acids is 2. The van der Waals surface area contributed by atoms with Crippen LogP contribution in [0.5, 0.6) is 0 Å². The quantitative estimate of drug-likeness (QED) is 0.691. The molecule has 108 valence electrons. The summed E-state index contributed by atoms with van der Waals surface area (Å²) < 4.78 is 1.15. The molecule has 0 fully saturated rings. The molecule has 0 radical (unpaired) electrons. The third kappa shape index (κ3) is 4.82. The summed E-state index contributed by atoms with van der Waals surface area (Å²) in [5.74, 6) is -2.60. The van der Waals surface area contributed by atoms with Crippen molar-refractivity contribution < 1.29 is 24.6 Å². The number of nitrogens with one attached hydrogen (secondary N) is 1. The van der Waals surface area contributed by atoms with Crippen LogP contribution in [0.1, 0.15) is 0 Å². The second kappa shape index (κ2) is 7.25. The Balaban J connectivity index is 2.90. The first kappa shape index (κ1) is 16.4. The molecule has 0 saturated heterocycles. The zero-order valence-corrected chi connectivity index (χ0v) is 13.1.